The molecule has 0 fully saturated rings. The summed E-state index contributed by atoms with van der Waals surface area (Å²) in [6, 6.07) is 4.02. The Morgan fingerprint density at radius 2 is 1.93 bits per heavy atom. The maximum atomic E-state index is 14.3. The minimum absolute atomic E-state index is 0.0560. The molecule has 0 aliphatic carbocycles. The summed E-state index contributed by atoms with van der Waals surface area (Å²) in [7, 11) is 2.00. The van der Waals surface area contributed by atoms with Gasteiger partial charge in [-0.3, -0.25) is 9.30 Å². The van der Waals surface area contributed by atoms with Crippen LogP contribution < -0.4 is 5.32 Å². The Labute approximate surface area is 167 Å². The number of fused-ring (bicyclic) bond motifs is 3. The highest BCUT2D eigenvalue weighted by atomic mass is 19.3. The summed E-state index contributed by atoms with van der Waals surface area (Å²) in [4.78, 5) is 6.67. The molecule has 1 aromatic carbocycles. The Kier molecular flexibility index (Phi) is 6.36. The summed E-state index contributed by atoms with van der Waals surface area (Å²) in [6.45, 7) is 7.47. The Morgan fingerprint density at radius 1 is 1.17 bits per heavy atom. The minimum Gasteiger partial charge on any atom is -0.365 e. The first-order valence-corrected chi connectivity index (χ1v) is 9.73. The van der Waals surface area contributed by atoms with Gasteiger partial charge in [-0.25, -0.2) is 13.2 Å². The summed E-state index contributed by atoms with van der Waals surface area (Å²) < 4.78 is 42.1. The Hall–Kier alpha value is -2.68. The fourth-order valence-corrected chi connectivity index (χ4v) is 3.47. The molecular weight excluding hydrogens is 381 g/mol. The lowest BCUT2D eigenvalue weighted by molar-refractivity contribution is 0.146. The number of hydrogen-bond acceptors (Lipinski definition) is 5. The standard InChI is InChI=1S/C18H19F3N6.C2H6/c1-3-14-24-25-18-23-17(12-8-26(2)9-13(12)27(14)18)22-7-10-5-4-6-11(15(10)19)16(20)21;1-2/h4-6,16H,3,7-9H2,1-2H3,(H,22,23,25);1-2H3. The van der Waals surface area contributed by atoms with Gasteiger partial charge >= 0.3 is 0 Å². The van der Waals surface area contributed by atoms with Gasteiger partial charge in [0.2, 0.25) is 0 Å². The van der Waals surface area contributed by atoms with Gasteiger partial charge in [0.15, 0.2) is 0 Å². The highest BCUT2D eigenvalue weighted by molar-refractivity contribution is 5.54. The van der Waals surface area contributed by atoms with Crippen LogP contribution in [-0.4, -0.2) is 31.5 Å². The van der Waals surface area contributed by atoms with Crippen LogP contribution >= 0.6 is 0 Å². The van der Waals surface area contributed by atoms with Crippen LogP contribution in [0, 0.1) is 5.82 Å². The van der Waals surface area contributed by atoms with Crippen molar-refractivity contribution in [2.45, 2.75) is 53.3 Å². The summed E-state index contributed by atoms with van der Waals surface area (Å²) in [5.41, 5.74) is 1.62. The van der Waals surface area contributed by atoms with Crippen molar-refractivity contribution in [3.63, 3.8) is 0 Å². The third-order valence-corrected chi connectivity index (χ3v) is 4.78. The van der Waals surface area contributed by atoms with Crippen molar-refractivity contribution in [1.29, 1.82) is 0 Å². The number of aryl methyl sites for hydroxylation is 1. The van der Waals surface area contributed by atoms with Gasteiger partial charge in [0.25, 0.3) is 12.2 Å². The Balaban J connectivity index is 0.00000117. The highest BCUT2D eigenvalue weighted by Gasteiger charge is 2.26. The number of anilines is 1. The van der Waals surface area contributed by atoms with Crippen LogP contribution in [0.5, 0.6) is 0 Å². The monoisotopic (exact) mass is 406 g/mol. The zero-order chi connectivity index (χ0) is 21.1. The number of benzene rings is 1. The number of aromatic nitrogens is 4. The molecule has 0 radical (unpaired) electrons. The fourth-order valence-electron chi connectivity index (χ4n) is 3.47. The average Bonchev–Trinajstić information content (AvgIpc) is 3.30. The van der Waals surface area contributed by atoms with Gasteiger partial charge in [-0.2, -0.15) is 4.98 Å². The van der Waals surface area contributed by atoms with Gasteiger partial charge in [0, 0.05) is 42.9 Å². The Bertz CT molecular complexity index is 1000. The van der Waals surface area contributed by atoms with Crippen LogP contribution in [0.4, 0.5) is 19.0 Å². The van der Waals surface area contributed by atoms with Crippen LogP contribution in [0.3, 0.4) is 0 Å². The average molecular weight is 406 g/mol. The quantitative estimate of drug-likeness (QED) is 0.683. The molecule has 29 heavy (non-hydrogen) atoms. The van der Waals surface area contributed by atoms with E-state index in [9.17, 15) is 13.2 Å². The van der Waals surface area contributed by atoms with E-state index in [1.807, 2.05) is 32.2 Å². The van der Waals surface area contributed by atoms with Crippen molar-refractivity contribution in [2.24, 2.45) is 0 Å². The minimum atomic E-state index is -2.85. The zero-order valence-corrected chi connectivity index (χ0v) is 17.0. The molecule has 3 aromatic rings. The predicted molar refractivity (Wildman–Crippen MR) is 105 cm³/mol. The predicted octanol–water partition coefficient (Wildman–Crippen LogP) is 4.35. The molecule has 0 amide bonds. The SMILES string of the molecule is CC.CCc1nnc2nc(NCc3cccc(C(F)F)c3F)c3c(n12)CN(C)C3. The molecule has 9 heteroatoms. The summed E-state index contributed by atoms with van der Waals surface area (Å²) in [5, 5.41) is 11.4. The number of halogens is 3. The molecule has 1 aliphatic rings. The van der Waals surface area contributed by atoms with E-state index in [0.29, 0.717) is 18.1 Å². The third kappa shape index (κ3) is 3.91. The first kappa shape index (κ1) is 21.0. The molecule has 4 rings (SSSR count). The molecule has 0 spiro atoms. The van der Waals surface area contributed by atoms with Crippen molar-refractivity contribution in [1.82, 2.24) is 24.5 Å². The maximum absolute atomic E-state index is 14.3. The lowest BCUT2D eigenvalue weighted by Gasteiger charge is -2.13. The van der Waals surface area contributed by atoms with Gasteiger partial charge in [0.1, 0.15) is 17.5 Å². The molecule has 2 aromatic heterocycles. The summed E-state index contributed by atoms with van der Waals surface area (Å²) >= 11 is 0. The third-order valence-electron chi connectivity index (χ3n) is 4.78. The second-order valence-electron chi connectivity index (χ2n) is 6.64. The molecule has 0 unspecified atom stereocenters. The van der Waals surface area contributed by atoms with Gasteiger partial charge in [0.05, 0.1) is 5.56 Å². The van der Waals surface area contributed by atoms with Gasteiger partial charge in [-0.05, 0) is 7.05 Å². The first-order valence-electron chi connectivity index (χ1n) is 9.73. The van der Waals surface area contributed by atoms with Crippen molar-refractivity contribution >= 4 is 11.6 Å². The molecular formula is C20H25F3N6. The van der Waals surface area contributed by atoms with Crippen molar-refractivity contribution < 1.29 is 13.2 Å². The van der Waals surface area contributed by atoms with E-state index in [0.717, 1.165) is 36.1 Å². The zero-order valence-electron chi connectivity index (χ0n) is 17.0. The molecule has 6 nitrogen and oxygen atoms in total. The van der Waals surface area contributed by atoms with Crippen LogP contribution in [0.15, 0.2) is 18.2 Å². The van der Waals surface area contributed by atoms with E-state index in [2.05, 4.69) is 25.4 Å². The molecule has 0 saturated carbocycles. The lowest BCUT2D eigenvalue weighted by atomic mass is 10.1. The molecule has 0 atom stereocenters. The van der Waals surface area contributed by atoms with Crippen molar-refractivity contribution in [2.75, 3.05) is 12.4 Å². The summed E-state index contributed by atoms with van der Waals surface area (Å²) in [5.74, 6) is 1.01. The molecule has 1 N–H and O–H groups in total. The van der Waals surface area contributed by atoms with Crippen LogP contribution in [-0.2, 0) is 26.1 Å². The second kappa shape index (κ2) is 8.77. The molecule has 156 valence electrons. The molecule has 3 heterocycles. The molecule has 1 aliphatic heterocycles. The maximum Gasteiger partial charge on any atom is 0.266 e. The van der Waals surface area contributed by atoms with E-state index in [1.165, 1.54) is 12.1 Å². The van der Waals surface area contributed by atoms with Gasteiger partial charge < -0.3 is 5.32 Å². The van der Waals surface area contributed by atoms with Crippen LogP contribution in [0.25, 0.3) is 5.78 Å². The van der Waals surface area contributed by atoms with Gasteiger partial charge in [-0.1, -0.05) is 39.0 Å². The molecule has 0 bridgehead atoms. The van der Waals surface area contributed by atoms with E-state index < -0.39 is 17.8 Å². The smallest absolute Gasteiger partial charge is 0.266 e. The highest BCUT2D eigenvalue weighted by Crippen LogP contribution is 2.30. The lowest BCUT2D eigenvalue weighted by Crippen LogP contribution is -2.10. The van der Waals surface area contributed by atoms with E-state index in [-0.39, 0.29) is 12.1 Å². The molecule has 0 saturated heterocycles. The van der Waals surface area contributed by atoms with Crippen LogP contribution in [0.1, 0.15) is 55.4 Å². The topological polar surface area (TPSA) is 58.4 Å². The number of hydrogen-bond donors (Lipinski definition) is 1. The number of rotatable bonds is 5. The second-order valence-corrected chi connectivity index (χ2v) is 6.64. The van der Waals surface area contributed by atoms with Crippen molar-refractivity contribution in [3.8, 4) is 0 Å². The fraction of sp³-hybridized carbons (Fsp3) is 0.450. The Morgan fingerprint density at radius 3 is 2.62 bits per heavy atom. The van der Waals surface area contributed by atoms with E-state index in [4.69, 9.17) is 0 Å². The van der Waals surface area contributed by atoms with Crippen molar-refractivity contribution in [3.05, 3.63) is 52.2 Å². The van der Waals surface area contributed by atoms with E-state index >= 15 is 0 Å². The largest absolute Gasteiger partial charge is 0.365 e. The van der Waals surface area contributed by atoms with Gasteiger partial charge in [-0.15, -0.1) is 10.2 Å². The summed E-state index contributed by atoms with van der Waals surface area (Å²) in [6.07, 6.45) is -2.11. The number of nitrogens with one attached hydrogen (secondary N) is 1. The van der Waals surface area contributed by atoms with E-state index in [1.54, 1.807) is 0 Å². The normalized spacial score (nSPS) is 13.5. The first-order chi connectivity index (χ1) is 14.0. The van der Waals surface area contributed by atoms with Crippen LogP contribution in [0.2, 0.25) is 0 Å². The number of alkyl halides is 2. The number of nitrogens with zero attached hydrogens (tertiary/aromatic N) is 5.